The Morgan fingerprint density at radius 2 is 2.00 bits per heavy atom. The van der Waals surface area contributed by atoms with Crippen LogP contribution in [0.4, 0.5) is 4.39 Å². The van der Waals surface area contributed by atoms with Gasteiger partial charge in [0.15, 0.2) is 0 Å². The van der Waals surface area contributed by atoms with E-state index in [0.29, 0.717) is 6.04 Å². The fourth-order valence-electron chi connectivity index (χ4n) is 2.37. The molecule has 90 valence electrons. The first-order chi connectivity index (χ1) is 7.24. The highest BCUT2D eigenvalue weighted by molar-refractivity contribution is 5.85. The van der Waals surface area contributed by atoms with Crippen molar-refractivity contribution in [3.8, 4) is 0 Å². The number of benzene rings is 1. The second-order valence-corrected chi connectivity index (χ2v) is 4.58. The van der Waals surface area contributed by atoms with Gasteiger partial charge in [0, 0.05) is 6.04 Å². The van der Waals surface area contributed by atoms with Gasteiger partial charge in [-0.15, -0.1) is 12.4 Å². The Hall–Kier alpha value is -0.600. The van der Waals surface area contributed by atoms with Gasteiger partial charge in [0.25, 0.3) is 0 Å². The van der Waals surface area contributed by atoms with Gasteiger partial charge in [-0.1, -0.05) is 12.1 Å². The maximum atomic E-state index is 12.7. The van der Waals surface area contributed by atoms with E-state index < -0.39 is 0 Å². The predicted molar refractivity (Wildman–Crippen MR) is 67.5 cm³/mol. The Morgan fingerprint density at radius 3 is 2.62 bits per heavy atom. The quantitative estimate of drug-likeness (QED) is 0.841. The number of hydrogen-bond acceptors (Lipinski definition) is 1. The van der Waals surface area contributed by atoms with Gasteiger partial charge in [0.1, 0.15) is 5.82 Å². The molecule has 16 heavy (non-hydrogen) atoms. The average Bonchev–Trinajstić information content (AvgIpc) is 2.22. The zero-order chi connectivity index (χ0) is 10.7. The van der Waals surface area contributed by atoms with Crippen molar-refractivity contribution in [2.24, 2.45) is 5.92 Å². The molecule has 1 aromatic carbocycles. The van der Waals surface area contributed by atoms with Crippen molar-refractivity contribution in [2.45, 2.75) is 32.2 Å². The third kappa shape index (κ3) is 3.76. The van der Waals surface area contributed by atoms with Crippen molar-refractivity contribution in [1.82, 2.24) is 5.32 Å². The van der Waals surface area contributed by atoms with E-state index in [9.17, 15) is 4.39 Å². The first-order valence-electron chi connectivity index (χ1n) is 5.72. The van der Waals surface area contributed by atoms with Crippen LogP contribution in [0.25, 0.3) is 0 Å². The lowest BCUT2D eigenvalue weighted by molar-refractivity contribution is 0.314. The summed E-state index contributed by atoms with van der Waals surface area (Å²) in [7, 11) is 0. The molecule has 2 rings (SSSR count). The highest BCUT2D eigenvalue weighted by atomic mass is 35.5. The van der Waals surface area contributed by atoms with Crippen LogP contribution in [0.15, 0.2) is 24.3 Å². The van der Waals surface area contributed by atoms with E-state index in [-0.39, 0.29) is 18.2 Å². The highest BCUT2D eigenvalue weighted by Crippen LogP contribution is 2.20. The monoisotopic (exact) mass is 243 g/mol. The lowest BCUT2D eigenvalue weighted by atomic mass is 9.88. The third-order valence-corrected chi connectivity index (χ3v) is 3.17. The highest BCUT2D eigenvalue weighted by Gasteiger charge is 2.18. The summed E-state index contributed by atoms with van der Waals surface area (Å²) in [5, 5.41) is 3.45. The average molecular weight is 244 g/mol. The van der Waals surface area contributed by atoms with E-state index in [1.54, 1.807) is 12.1 Å². The Morgan fingerprint density at radius 1 is 1.31 bits per heavy atom. The molecule has 2 atom stereocenters. The topological polar surface area (TPSA) is 12.0 Å². The van der Waals surface area contributed by atoms with Crippen LogP contribution in [-0.2, 0) is 6.42 Å². The molecule has 1 nitrogen and oxygen atoms in total. The molecule has 0 aliphatic carbocycles. The first-order valence-corrected chi connectivity index (χ1v) is 5.72. The Balaban J connectivity index is 0.00000128. The van der Waals surface area contributed by atoms with Gasteiger partial charge in [-0.05, 0) is 56.3 Å². The Kier molecular flexibility index (Phi) is 5.23. The Bertz CT molecular complexity index is 312. The smallest absolute Gasteiger partial charge is 0.123 e. The standard InChI is InChI=1S/C13H18FN.ClH/c1-10-8-12(6-7-15-10)9-11-2-4-13(14)5-3-11;/h2-5,10,12,15H,6-9H2,1H3;1H. The third-order valence-electron chi connectivity index (χ3n) is 3.17. The summed E-state index contributed by atoms with van der Waals surface area (Å²) in [6.45, 7) is 3.35. The van der Waals surface area contributed by atoms with Crippen LogP contribution >= 0.6 is 12.4 Å². The minimum Gasteiger partial charge on any atom is -0.314 e. The van der Waals surface area contributed by atoms with Crippen molar-refractivity contribution < 1.29 is 4.39 Å². The minimum atomic E-state index is -0.141. The maximum Gasteiger partial charge on any atom is 0.123 e. The first kappa shape index (κ1) is 13.5. The normalized spacial score (nSPS) is 24.9. The predicted octanol–water partition coefficient (Wildman–Crippen LogP) is 3.18. The van der Waals surface area contributed by atoms with Crippen molar-refractivity contribution in [3.63, 3.8) is 0 Å². The second kappa shape index (κ2) is 6.21. The molecule has 1 saturated heterocycles. The molecule has 0 aromatic heterocycles. The molecule has 0 saturated carbocycles. The lowest BCUT2D eigenvalue weighted by Gasteiger charge is -2.28. The van der Waals surface area contributed by atoms with Crippen LogP contribution in [0.2, 0.25) is 0 Å². The summed E-state index contributed by atoms with van der Waals surface area (Å²) in [5.41, 5.74) is 1.26. The van der Waals surface area contributed by atoms with Crippen LogP contribution in [-0.4, -0.2) is 12.6 Å². The number of piperidine rings is 1. The maximum absolute atomic E-state index is 12.7. The van der Waals surface area contributed by atoms with Crippen LogP contribution in [0.5, 0.6) is 0 Å². The molecule has 1 N–H and O–H groups in total. The largest absolute Gasteiger partial charge is 0.314 e. The van der Waals surface area contributed by atoms with E-state index in [1.165, 1.54) is 18.4 Å². The van der Waals surface area contributed by atoms with Gasteiger partial charge >= 0.3 is 0 Å². The van der Waals surface area contributed by atoms with Gasteiger partial charge in [0.05, 0.1) is 0 Å². The van der Waals surface area contributed by atoms with E-state index in [1.807, 2.05) is 12.1 Å². The van der Waals surface area contributed by atoms with Gasteiger partial charge in [-0.3, -0.25) is 0 Å². The summed E-state index contributed by atoms with van der Waals surface area (Å²) in [6, 6.07) is 7.55. The minimum absolute atomic E-state index is 0. The van der Waals surface area contributed by atoms with Gasteiger partial charge in [-0.25, -0.2) is 4.39 Å². The Labute approximate surface area is 103 Å². The molecule has 1 heterocycles. The summed E-state index contributed by atoms with van der Waals surface area (Å²) in [5.74, 6) is 0.615. The molecule has 1 fully saturated rings. The van der Waals surface area contributed by atoms with Gasteiger partial charge in [0.2, 0.25) is 0 Å². The molecule has 0 amide bonds. The zero-order valence-electron chi connectivity index (χ0n) is 9.58. The SMILES string of the molecule is CC1CC(Cc2ccc(F)cc2)CCN1.Cl. The number of hydrogen-bond donors (Lipinski definition) is 1. The van der Waals surface area contributed by atoms with Crippen LogP contribution in [0.1, 0.15) is 25.3 Å². The summed E-state index contributed by atoms with van der Waals surface area (Å²) in [4.78, 5) is 0. The molecular formula is C13H19ClFN. The van der Waals surface area contributed by atoms with Gasteiger partial charge in [-0.2, -0.15) is 0 Å². The number of nitrogens with one attached hydrogen (secondary N) is 1. The summed E-state index contributed by atoms with van der Waals surface area (Å²) in [6.07, 6.45) is 3.56. The van der Waals surface area contributed by atoms with Gasteiger partial charge < -0.3 is 5.32 Å². The molecule has 3 heteroatoms. The van der Waals surface area contributed by atoms with E-state index in [4.69, 9.17) is 0 Å². The van der Waals surface area contributed by atoms with Crippen molar-refractivity contribution in [1.29, 1.82) is 0 Å². The number of rotatable bonds is 2. The molecule has 0 radical (unpaired) electrons. The molecular weight excluding hydrogens is 225 g/mol. The molecule has 1 aromatic rings. The summed E-state index contributed by atoms with van der Waals surface area (Å²) < 4.78 is 12.7. The van der Waals surface area contributed by atoms with Crippen molar-refractivity contribution in [3.05, 3.63) is 35.6 Å². The fourth-order valence-corrected chi connectivity index (χ4v) is 2.37. The van der Waals surface area contributed by atoms with Crippen LogP contribution in [0, 0.1) is 11.7 Å². The fraction of sp³-hybridized carbons (Fsp3) is 0.538. The molecule has 1 aliphatic rings. The zero-order valence-corrected chi connectivity index (χ0v) is 10.4. The lowest BCUT2D eigenvalue weighted by Crippen LogP contribution is -2.36. The second-order valence-electron chi connectivity index (χ2n) is 4.58. The van der Waals surface area contributed by atoms with E-state index >= 15 is 0 Å². The molecule has 2 unspecified atom stereocenters. The molecule has 0 spiro atoms. The van der Waals surface area contributed by atoms with Crippen molar-refractivity contribution in [2.75, 3.05) is 6.54 Å². The molecule has 1 aliphatic heterocycles. The molecule has 0 bridgehead atoms. The summed E-state index contributed by atoms with van der Waals surface area (Å²) >= 11 is 0. The van der Waals surface area contributed by atoms with E-state index in [2.05, 4.69) is 12.2 Å². The van der Waals surface area contributed by atoms with Crippen LogP contribution in [0.3, 0.4) is 0 Å². The van der Waals surface area contributed by atoms with E-state index in [0.717, 1.165) is 18.9 Å². The number of halogens is 2. The van der Waals surface area contributed by atoms with Crippen molar-refractivity contribution >= 4 is 12.4 Å². The van der Waals surface area contributed by atoms with Crippen LogP contribution < -0.4 is 5.32 Å².